The van der Waals surface area contributed by atoms with Gasteiger partial charge in [-0.3, -0.25) is 0 Å². The Balaban J connectivity index is 3.20. The van der Waals surface area contributed by atoms with Gasteiger partial charge in [0, 0.05) is 6.54 Å². The van der Waals surface area contributed by atoms with Gasteiger partial charge in [-0.15, -0.1) is 0 Å². The zero-order valence-electron chi connectivity index (χ0n) is 8.22. The van der Waals surface area contributed by atoms with Crippen molar-refractivity contribution < 1.29 is 9.53 Å². The molecule has 3 nitrogen and oxygen atoms in total. The molecule has 0 radical (unpaired) electrons. The standard InChI is InChI=1S/C10H11Cl2NO2/c1-2-15-10(14)8-7(11)4-3-6(5-13)9(8)12/h3-4H,2,5,13H2,1H3. The van der Waals surface area contributed by atoms with E-state index in [0.717, 1.165) is 0 Å². The molecule has 0 amide bonds. The summed E-state index contributed by atoms with van der Waals surface area (Å²) in [6, 6.07) is 3.27. The van der Waals surface area contributed by atoms with Crippen LogP contribution >= 0.6 is 23.2 Å². The number of benzene rings is 1. The maximum Gasteiger partial charge on any atom is 0.341 e. The molecule has 0 aliphatic carbocycles. The summed E-state index contributed by atoms with van der Waals surface area (Å²) >= 11 is 11.8. The SMILES string of the molecule is CCOC(=O)c1c(Cl)ccc(CN)c1Cl. The Hall–Kier alpha value is -0.770. The molecule has 0 atom stereocenters. The molecule has 0 fully saturated rings. The van der Waals surface area contributed by atoms with Crippen molar-refractivity contribution in [3.63, 3.8) is 0 Å². The molecule has 1 rings (SSSR count). The molecular formula is C10H11Cl2NO2. The van der Waals surface area contributed by atoms with Gasteiger partial charge in [-0.05, 0) is 18.6 Å². The lowest BCUT2D eigenvalue weighted by atomic mass is 10.1. The highest BCUT2D eigenvalue weighted by Gasteiger charge is 2.18. The summed E-state index contributed by atoms with van der Waals surface area (Å²) in [7, 11) is 0. The van der Waals surface area contributed by atoms with Gasteiger partial charge in [-0.1, -0.05) is 29.3 Å². The molecule has 0 aromatic heterocycles. The fraction of sp³-hybridized carbons (Fsp3) is 0.300. The summed E-state index contributed by atoms with van der Waals surface area (Å²) in [5.74, 6) is -0.525. The topological polar surface area (TPSA) is 52.3 Å². The number of nitrogens with two attached hydrogens (primary N) is 1. The predicted molar refractivity (Wildman–Crippen MR) is 60.3 cm³/mol. The smallest absolute Gasteiger partial charge is 0.341 e. The van der Waals surface area contributed by atoms with Crippen LogP contribution in [-0.2, 0) is 11.3 Å². The second-order valence-electron chi connectivity index (χ2n) is 2.82. The van der Waals surface area contributed by atoms with Gasteiger partial charge in [0.1, 0.15) is 0 Å². The van der Waals surface area contributed by atoms with Crippen molar-refractivity contribution in [1.82, 2.24) is 0 Å². The van der Waals surface area contributed by atoms with Crippen LogP contribution in [0.4, 0.5) is 0 Å². The van der Waals surface area contributed by atoms with Gasteiger partial charge >= 0.3 is 5.97 Å². The van der Waals surface area contributed by atoms with Gasteiger partial charge in [0.05, 0.1) is 22.2 Å². The van der Waals surface area contributed by atoms with Gasteiger partial charge in [-0.2, -0.15) is 0 Å². The van der Waals surface area contributed by atoms with Crippen molar-refractivity contribution in [3.8, 4) is 0 Å². The first-order valence-electron chi connectivity index (χ1n) is 4.45. The van der Waals surface area contributed by atoms with Crippen LogP contribution in [0.5, 0.6) is 0 Å². The monoisotopic (exact) mass is 247 g/mol. The van der Waals surface area contributed by atoms with E-state index >= 15 is 0 Å². The lowest BCUT2D eigenvalue weighted by Crippen LogP contribution is -2.08. The first-order chi connectivity index (χ1) is 7.11. The number of carbonyl (C=O) groups excluding carboxylic acids is 1. The van der Waals surface area contributed by atoms with Crippen LogP contribution in [0.1, 0.15) is 22.8 Å². The Morgan fingerprint density at radius 1 is 1.47 bits per heavy atom. The maximum absolute atomic E-state index is 11.5. The Kier molecular flexibility index (Phi) is 4.39. The van der Waals surface area contributed by atoms with E-state index in [9.17, 15) is 4.79 Å². The molecule has 15 heavy (non-hydrogen) atoms. The van der Waals surface area contributed by atoms with E-state index < -0.39 is 5.97 Å². The summed E-state index contributed by atoms with van der Waals surface area (Å²) in [5, 5.41) is 0.541. The minimum Gasteiger partial charge on any atom is -0.462 e. The Morgan fingerprint density at radius 3 is 2.67 bits per heavy atom. The van der Waals surface area contributed by atoms with Crippen molar-refractivity contribution in [1.29, 1.82) is 0 Å². The largest absolute Gasteiger partial charge is 0.462 e. The lowest BCUT2D eigenvalue weighted by Gasteiger charge is -2.09. The first kappa shape index (κ1) is 12.3. The Morgan fingerprint density at radius 2 is 2.13 bits per heavy atom. The molecule has 0 bridgehead atoms. The third-order valence-electron chi connectivity index (χ3n) is 1.87. The minimum absolute atomic E-state index is 0.183. The fourth-order valence-corrected chi connectivity index (χ4v) is 1.75. The van der Waals surface area contributed by atoms with Crippen LogP contribution in [-0.4, -0.2) is 12.6 Å². The molecule has 2 N–H and O–H groups in total. The molecule has 82 valence electrons. The molecule has 0 saturated heterocycles. The normalized spacial score (nSPS) is 10.1. The molecule has 0 aliphatic heterocycles. The first-order valence-corrected chi connectivity index (χ1v) is 5.21. The molecule has 0 unspecified atom stereocenters. The summed E-state index contributed by atoms with van der Waals surface area (Å²) in [5.41, 5.74) is 6.32. The highest BCUT2D eigenvalue weighted by molar-refractivity contribution is 6.39. The van der Waals surface area contributed by atoms with Crippen molar-refractivity contribution in [2.24, 2.45) is 5.73 Å². The number of rotatable bonds is 3. The van der Waals surface area contributed by atoms with E-state index in [1.165, 1.54) is 0 Å². The van der Waals surface area contributed by atoms with E-state index in [4.69, 9.17) is 33.7 Å². The van der Waals surface area contributed by atoms with Gasteiger partial charge in [0.15, 0.2) is 0 Å². The second kappa shape index (κ2) is 5.35. The third kappa shape index (κ3) is 2.62. The van der Waals surface area contributed by atoms with Gasteiger partial charge < -0.3 is 10.5 Å². The Bertz CT molecular complexity index is 380. The van der Waals surface area contributed by atoms with E-state index in [2.05, 4.69) is 0 Å². The summed E-state index contributed by atoms with van der Waals surface area (Å²) in [6.07, 6.45) is 0. The fourth-order valence-electron chi connectivity index (χ4n) is 1.14. The quantitative estimate of drug-likeness (QED) is 0.836. The van der Waals surface area contributed by atoms with Crippen LogP contribution in [0.2, 0.25) is 10.0 Å². The number of halogens is 2. The number of ether oxygens (including phenoxy) is 1. The predicted octanol–water partition coefficient (Wildman–Crippen LogP) is 2.63. The molecule has 1 aromatic carbocycles. The molecule has 1 aromatic rings. The van der Waals surface area contributed by atoms with Crippen LogP contribution in [0.15, 0.2) is 12.1 Å². The number of carbonyl (C=O) groups is 1. The summed E-state index contributed by atoms with van der Waals surface area (Å²) in [4.78, 5) is 11.5. The lowest BCUT2D eigenvalue weighted by molar-refractivity contribution is 0.0526. The minimum atomic E-state index is -0.525. The molecule has 0 heterocycles. The highest BCUT2D eigenvalue weighted by Crippen LogP contribution is 2.28. The van der Waals surface area contributed by atoms with Crippen molar-refractivity contribution >= 4 is 29.2 Å². The number of hydrogen-bond donors (Lipinski definition) is 1. The van der Waals surface area contributed by atoms with Crippen LogP contribution in [0.25, 0.3) is 0 Å². The van der Waals surface area contributed by atoms with E-state index in [0.29, 0.717) is 5.56 Å². The van der Waals surface area contributed by atoms with Crippen LogP contribution < -0.4 is 5.73 Å². The zero-order valence-corrected chi connectivity index (χ0v) is 9.73. The van der Waals surface area contributed by atoms with E-state index in [1.807, 2.05) is 0 Å². The highest BCUT2D eigenvalue weighted by atomic mass is 35.5. The zero-order chi connectivity index (χ0) is 11.4. The van der Waals surface area contributed by atoms with Gasteiger partial charge in [0.25, 0.3) is 0 Å². The van der Waals surface area contributed by atoms with Crippen LogP contribution in [0, 0.1) is 0 Å². The van der Waals surface area contributed by atoms with Gasteiger partial charge in [0.2, 0.25) is 0 Å². The Labute approximate surface area is 98.1 Å². The third-order valence-corrected chi connectivity index (χ3v) is 2.62. The molecular weight excluding hydrogens is 237 g/mol. The second-order valence-corrected chi connectivity index (χ2v) is 3.61. The summed E-state index contributed by atoms with van der Waals surface area (Å²) in [6.45, 7) is 2.24. The van der Waals surface area contributed by atoms with Gasteiger partial charge in [-0.25, -0.2) is 4.79 Å². The van der Waals surface area contributed by atoms with Crippen molar-refractivity contribution in [2.75, 3.05) is 6.61 Å². The molecule has 0 aliphatic rings. The summed E-state index contributed by atoms with van der Waals surface area (Å²) < 4.78 is 4.84. The number of hydrogen-bond acceptors (Lipinski definition) is 3. The maximum atomic E-state index is 11.5. The molecule has 5 heteroatoms. The average molecular weight is 248 g/mol. The average Bonchev–Trinajstić information content (AvgIpc) is 2.18. The molecule has 0 spiro atoms. The van der Waals surface area contributed by atoms with Crippen molar-refractivity contribution in [3.05, 3.63) is 33.3 Å². The van der Waals surface area contributed by atoms with Crippen molar-refractivity contribution in [2.45, 2.75) is 13.5 Å². The molecule has 0 saturated carbocycles. The van der Waals surface area contributed by atoms with Crippen LogP contribution in [0.3, 0.4) is 0 Å². The van der Waals surface area contributed by atoms with E-state index in [1.54, 1.807) is 19.1 Å². The van der Waals surface area contributed by atoms with E-state index in [-0.39, 0.29) is 28.8 Å². The number of esters is 1.